The largest absolute Gasteiger partial charge is 0.494 e. The number of nitrogens with one attached hydrogen (secondary N) is 1. The van der Waals surface area contributed by atoms with Gasteiger partial charge in [-0.25, -0.2) is 15.0 Å². The summed E-state index contributed by atoms with van der Waals surface area (Å²) in [5, 5.41) is 12.5. The number of methoxy groups -OCH3 is 1. The fraction of sp³-hybridized carbons (Fsp3) is 0.280. The van der Waals surface area contributed by atoms with Crippen molar-refractivity contribution in [3.8, 4) is 23.2 Å². The maximum Gasteiger partial charge on any atom is 0.227 e. The molecule has 9 nitrogen and oxygen atoms in total. The summed E-state index contributed by atoms with van der Waals surface area (Å²) in [6.45, 7) is 4.52. The van der Waals surface area contributed by atoms with Crippen molar-refractivity contribution < 1.29 is 4.74 Å². The summed E-state index contributed by atoms with van der Waals surface area (Å²) in [4.78, 5) is 18.1. The summed E-state index contributed by atoms with van der Waals surface area (Å²) >= 11 is 6.45. The van der Waals surface area contributed by atoms with Gasteiger partial charge in [-0.2, -0.15) is 5.26 Å². The van der Waals surface area contributed by atoms with Crippen molar-refractivity contribution in [2.45, 2.75) is 6.42 Å². The van der Waals surface area contributed by atoms with Gasteiger partial charge in [0, 0.05) is 57.1 Å². The smallest absolute Gasteiger partial charge is 0.227 e. The van der Waals surface area contributed by atoms with Gasteiger partial charge in [0.05, 0.1) is 42.0 Å². The standard InChI is InChI=1S/C25H25ClN8O/c1-35-22-15-18(33-13-11-32(12-14-33)9-4-8-27)6-7-20(22)30-25-29-16-19(26)24(31-25)21-17-28-23-5-2-3-10-34(21)23/h2-3,5-7,10,15-17H,4,9,11-14H2,1H3,(H,29,30,31). The summed E-state index contributed by atoms with van der Waals surface area (Å²) in [6.07, 6.45) is 5.83. The Hall–Kier alpha value is -3.87. The second-order valence-corrected chi connectivity index (χ2v) is 8.62. The molecule has 5 rings (SSSR count). The second-order valence-electron chi connectivity index (χ2n) is 8.21. The molecule has 1 fully saturated rings. The molecule has 0 radical (unpaired) electrons. The van der Waals surface area contributed by atoms with Gasteiger partial charge < -0.3 is 15.0 Å². The fourth-order valence-electron chi connectivity index (χ4n) is 4.25. The van der Waals surface area contributed by atoms with E-state index in [-0.39, 0.29) is 0 Å². The second kappa shape index (κ2) is 10.2. The number of benzene rings is 1. The number of hydrogen-bond acceptors (Lipinski definition) is 8. The molecular formula is C25H25ClN8O. The lowest BCUT2D eigenvalue weighted by molar-refractivity contribution is 0.263. The van der Waals surface area contributed by atoms with Gasteiger partial charge in [0.1, 0.15) is 17.1 Å². The highest BCUT2D eigenvalue weighted by Crippen LogP contribution is 2.33. The molecule has 3 aromatic heterocycles. The summed E-state index contributed by atoms with van der Waals surface area (Å²) in [6, 6.07) is 14.1. The predicted octanol–water partition coefficient (Wildman–Crippen LogP) is 4.23. The minimum absolute atomic E-state index is 0.410. The topological polar surface area (TPSA) is 94.6 Å². The first-order valence-electron chi connectivity index (χ1n) is 11.4. The molecule has 0 bridgehead atoms. The number of ether oxygens (including phenoxy) is 1. The van der Waals surface area contributed by atoms with Crippen molar-refractivity contribution in [1.29, 1.82) is 5.26 Å². The van der Waals surface area contributed by atoms with E-state index in [0.29, 0.717) is 28.8 Å². The molecule has 178 valence electrons. The van der Waals surface area contributed by atoms with Gasteiger partial charge in [-0.3, -0.25) is 9.30 Å². The number of fused-ring (bicyclic) bond motifs is 1. The Bertz CT molecular complexity index is 1370. The number of imidazole rings is 1. The maximum atomic E-state index is 8.81. The molecule has 1 aliphatic rings. The third-order valence-corrected chi connectivity index (χ3v) is 6.39. The quantitative estimate of drug-likeness (QED) is 0.413. The number of nitriles is 1. The van der Waals surface area contributed by atoms with Crippen molar-refractivity contribution in [1.82, 2.24) is 24.3 Å². The maximum absolute atomic E-state index is 8.81. The molecule has 35 heavy (non-hydrogen) atoms. The van der Waals surface area contributed by atoms with Crippen LogP contribution in [0.4, 0.5) is 17.3 Å². The number of aromatic nitrogens is 4. The molecule has 4 heterocycles. The first kappa shape index (κ1) is 22.9. The molecule has 1 aromatic carbocycles. The van der Waals surface area contributed by atoms with Crippen LogP contribution in [-0.2, 0) is 0 Å². The number of anilines is 3. The molecule has 4 aromatic rings. The molecule has 0 amide bonds. The van der Waals surface area contributed by atoms with Crippen molar-refractivity contribution in [3.05, 3.63) is 60.0 Å². The Kier molecular flexibility index (Phi) is 6.66. The molecule has 0 aliphatic carbocycles. The van der Waals surface area contributed by atoms with Crippen LogP contribution in [0.3, 0.4) is 0 Å². The van der Waals surface area contributed by atoms with E-state index in [0.717, 1.165) is 55.4 Å². The highest BCUT2D eigenvalue weighted by molar-refractivity contribution is 6.32. The summed E-state index contributed by atoms with van der Waals surface area (Å²) < 4.78 is 7.61. The van der Waals surface area contributed by atoms with Crippen molar-refractivity contribution in [2.24, 2.45) is 0 Å². The van der Waals surface area contributed by atoms with E-state index in [1.165, 1.54) is 0 Å². The van der Waals surface area contributed by atoms with Gasteiger partial charge in [0.15, 0.2) is 0 Å². The number of pyridine rings is 1. The van der Waals surface area contributed by atoms with Gasteiger partial charge in [0.25, 0.3) is 0 Å². The summed E-state index contributed by atoms with van der Waals surface area (Å²) in [5.41, 5.74) is 4.04. The van der Waals surface area contributed by atoms with E-state index in [1.54, 1.807) is 19.5 Å². The number of rotatable bonds is 7. The monoisotopic (exact) mass is 488 g/mol. The minimum atomic E-state index is 0.410. The highest BCUT2D eigenvalue weighted by atomic mass is 35.5. The third kappa shape index (κ3) is 4.85. The Morgan fingerprint density at radius 1 is 1.11 bits per heavy atom. The number of nitrogens with zero attached hydrogens (tertiary/aromatic N) is 7. The van der Waals surface area contributed by atoms with E-state index < -0.39 is 0 Å². The van der Waals surface area contributed by atoms with Crippen LogP contribution in [-0.4, -0.2) is 64.1 Å². The highest BCUT2D eigenvalue weighted by Gasteiger charge is 2.19. The van der Waals surface area contributed by atoms with Crippen LogP contribution in [0.1, 0.15) is 6.42 Å². The first-order valence-corrected chi connectivity index (χ1v) is 11.8. The Labute approximate surface area is 208 Å². The van der Waals surface area contributed by atoms with E-state index in [4.69, 9.17) is 21.6 Å². The summed E-state index contributed by atoms with van der Waals surface area (Å²) in [5.74, 6) is 1.11. The average molecular weight is 489 g/mol. The SMILES string of the molecule is COc1cc(N2CCN(CCC#N)CC2)ccc1Nc1ncc(Cl)c(-c2cnc3ccccn23)n1. The minimum Gasteiger partial charge on any atom is -0.494 e. The Morgan fingerprint density at radius 3 is 2.77 bits per heavy atom. The molecule has 1 aliphatic heterocycles. The molecule has 1 N–H and O–H groups in total. The summed E-state index contributed by atoms with van der Waals surface area (Å²) in [7, 11) is 1.65. The van der Waals surface area contributed by atoms with Gasteiger partial charge in [-0.1, -0.05) is 17.7 Å². The predicted molar refractivity (Wildman–Crippen MR) is 136 cm³/mol. The van der Waals surface area contributed by atoms with Crippen LogP contribution in [0, 0.1) is 11.3 Å². The molecule has 1 saturated heterocycles. The molecular weight excluding hydrogens is 464 g/mol. The fourth-order valence-corrected chi connectivity index (χ4v) is 4.44. The third-order valence-electron chi connectivity index (χ3n) is 6.11. The lowest BCUT2D eigenvalue weighted by Crippen LogP contribution is -2.46. The van der Waals surface area contributed by atoms with Gasteiger partial charge in [0.2, 0.25) is 5.95 Å². The van der Waals surface area contributed by atoms with Gasteiger partial charge >= 0.3 is 0 Å². The van der Waals surface area contributed by atoms with Crippen molar-refractivity contribution >= 4 is 34.6 Å². The van der Waals surface area contributed by atoms with Crippen molar-refractivity contribution in [3.63, 3.8) is 0 Å². The van der Waals surface area contributed by atoms with E-state index in [1.807, 2.05) is 40.9 Å². The zero-order valence-electron chi connectivity index (χ0n) is 19.4. The van der Waals surface area contributed by atoms with Crippen LogP contribution in [0.2, 0.25) is 5.02 Å². The number of hydrogen-bond donors (Lipinski definition) is 1. The number of piperazine rings is 1. The molecule has 0 unspecified atom stereocenters. The van der Waals surface area contributed by atoms with Crippen LogP contribution in [0.25, 0.3) is 17.0 Å². The Balaban J connectivity index is 1.35. The van der Waals surface area contributed by atoms with Crippen molar-refractivity contribution in [2.75, 3.05) is 50.1 Å². The zero-order valence-corrected chi connectivity index (χ0v) is 20.1. The lowest BCUT2D eigenvalue weighted by Gasteiger charge is -2.36. The number of halogens is 1. The van der Waals surface area contributed by atoms with Gasteiger partial charge in [-0.05, 0) is 24.3 Å². The van der Waals surface area contributed by atoms with Crippen LogP contribution < -0.4 is 15.0 Å². The molecule has 0 atom stereocenters. The molecule has 0 spiro atoms. The average Bonchev–Trinajstić information content (AvgIpc) is 3.33. The van der Waals surface area contributed by atoms with Crippen LogP contribution in [0.5, 0.6) is 5.75 Å². The zero-order chi connectivity index (χ0) is 24.2. The first-order chi connectivity index (χ1) is 17.2. The molecule has 10 heteroatoms. The van der Waals surface area contributed by atoms with Crippen LogP contribution >= 0.6 is 11.6 Å². The van der Waals surface area contributed by atoms with E-state index >= 15 is 0 Å². The van der Waals surface area contributed by atoms with E-state index in [9.17, 15) is 0 Å². The van der Waals surface area contributed by atoms with Gasteiger partial charge in [-0.15, -0.1) is 0 Å². The normalized spacial score (nSPS) is 14.1. The van der Waals surface area contributed by atoms with E-state index in [2.05, 4.69) is 42.2 Å². The molecule has 0 saturated carbocycles. The Morgan fingerprint density at radius 2 is 1.97 bits per heavy atom. The van der Waals surface area contributed by atoms with Crippen LogP contribution in [0.15, 0.2) is 55.0 Å². The lowest BCUT2D eigenvalue weighted by atomic mass is 10.2.